The second-order valence-electron chi connectivity index (χ2n) is 15.7. The third-order valence-corrected chi connectivity index (χ3v) is 10.1. The van der Waals surface area contributed by atoms with Crippen molar-refractivity contribution < 1.29 is 42.2 Å². The highest BCUT2D eigenvalue weighted by molar-refractivity contribution is 5.91. The van der Waals surface area contributed by atoms with Gasteiger partial charge >= 0.3 is 12.2 Å². The smallest absolute Gasteiger partial charge is 0.410 e. The molecule has 0 unspecified atom stereocenters. The molecule has 6 rings (SSSR count). The zero-order chi connectivity index (χ0) is 43.7. The summed E-state index contributed by atoms with van der Waals surface area (Å²) in [6, 6.07) is 30.8. The topological polar surface area (TPSA) is 135 Å². The van der Waals surface area contributed by atoms with Gasteiger partial charge in [-0.2, -0.15) is 0 Å². The van der Waals surface area contributed by atoms with Crippen LogP contribution in [0.15, 0.2) is 115 Å². The Hall–Kier alpha value is -6.76. The number of methoxy groups -OCH3 is 1. The summed E-state index contributed by atoms with van der Waals surface area (Å²) in [5, 5.41) is 8.21. The van der Waals surface area contributed by atoms with Gasteiger partial charge in [-0.05, 0) is 96.5 Å². The lowest BCUT2D eigenvalue weighted by atomic mass is 10.0. The zero-order valence-corrected chi connectivity index (χ0v) is 34.8. The van der Waals surface area contributed by atoms with Crippen molar-refractivity contribution >= 4 is 24.0 Å². The predicted molar refractivity (Wildman–Crippen MR) is 226 cm³/mol. The van der Waals surface area contributed by atoms with Gasteiger partial charge in [0, 0.05) is 25.9 Å². The van der Waals surface area contributed by atoms with Gasteiger partial charge in [0.25, 0.3) is 0 Å². The van der Waals surface area contributed by atoms with Crippen molar-refractivity contribution in [1.29, 1.82) is 0 Å². The molecule has 0 aromatic heterocycles. The molecule has 13 heteroatoms. The normalized spacial score (nSPS) is 12.9. The van der Waals surface area contributed by atoms with Gasteiger partial charge in [-0.25, -0.2) is 18.4 Å². The summed E-state index contributed by atoms with van der Waals surface area (Å²) in [5.41, 5.74) is 5.76. The molecule has 0 spiro atoms. The number of hydrogen-bond acceptors (Lipinski definition) is 7. The van der Waals surface area contributed by atoms with Crippen LogP contribution in [0.3, 0.4) is 0 Å². The molecule has 61 heavy (non-hydrogen) atoms. The van der Waals surface area contributed by atoms with E-state index >= 15 is 0 Å². The van der Waals surface area contributed by atoms with E-state index in [2.05, 4.69) is 16.0 Å². The fourth-order valence-electron chi connectivity index (χ4n) is 7.28. The molecule has 318 valence electrons. The van der Waals surface area contributed by atoms with Crippen molar-refractivity contribution in [3.63, 3.8) is 0 Å². The van der Waals surface area contributed by atoms with Crippen LogP contribution in [0, 0.1) is 11.6 Å². The molecule has 0 bridgehead atoms. The molecular formula is C48H50F2N4O7. The summed E-state index contributed by atoms with van der Waals surface area (Å²) in [6.45, 7) is 7.70. The molecule has 0 heterocycles. The average Bonchev–Trinajstić information content (AvgIpc) is 3.57. The molecule has 5 aromatic carbocycles. The second-order valence-corrected chi connectivity index (χ2v) is 15.7. The third-order valence-electron chi connectivity index (χ3n) is 10.1. The third kappa shape index (κ3) is 11.3. The molecule has 11 nitrogen and oxygen atoms in total. The summed E-state index contributed by atoms with van der Waals surface area (Å²) in [6.07, 6.45) is -1.47. The van der Waals surface area contributed by atoms with Gasteiger partial charge in [-0.15, -0.1) is 0 Å². The molecule has 0 saturated heterocycles. The molecule has 0 radical (unpaired) electrons. The predicted octanol–water partition coefficient (Wildman–Crippen LogP) is 8.18. The zero-order valence-electron chi connectivity index (χ0n) is 34.8. The highest BCUT2D eigenvalue weighted by Crippen LogP contribution is 2.46. The minimum absolute atomic E-state index is 0.0382. The number of fused-ring (bicyclic) bond motifs is 3. The first kappa shape index (κ1) is 43.8. The Balaban J connectivity index is 1.18. The van der Waals surface area contributed by atoms with Crippen molar-refractivity contribution in [2.24, 2.45) is 0 Å². The largest absolute Gasteiger partial charge is 0.494 e. The number of rotatable bonds is 15. The van der Waals surface area contributed by atoms with Gasteiger partial charge in [-0.1, -0.05) is 91.0 Å². The van der Waals surface area contributed by atoms with E-state index in [0.717, 1.165) is 45.5 Å². The fourth-order valence-corrected chi connectivity index (χ4v) is 7.28. The van der Waals surface area contributed by atoms with Gasteiger partial charge < -0.3 is 30.2 Å². The highest BCUT2D eigenvalue weighted by atomic mass is 19.2. The van der Waals surface area contributed by atoms with Gasteiger partial charge in [0.2, 0.25) is 11.8 Å². The Morgan fingerprint density at radius 2 is 1.25 bits per heavy atom. The molecule has 0 fully saturated rings. The van der Waals surface area contributed by atoms with Crippen molar-refractivity contribution in [2.45, 2.75) is 77.4 Å². The van der Waals surface area contributed by atoms with E-state index in [1.54, 1.807) is 49.9 Å². The number of carbonyl (C=O) groups is 4. The Kier molecular flexibility index (Phi) is 14.0. The van der Waals surface area contributed by atoms with E-state index in [1.807, 2.05) is 79.7 Å². The number of ether oxygens (including phenoxy) is 3. The first-order valence-corrected chi connectivity index (χ1v) is 20.1. The van der Waals surface area contributed by atoms with Crippen LogP contribution >= 0.6 is 0 Å². The fraction of sp³-hybridized carbons (Fsp3) is 0.292. The van der Waals surface area contributed by atoms with Gasteiger partial charge in [0.05, 0.1) is 19.8 Å². The van der Waals surface area contributed by atoms with Crippen LogP contribution in [-0.4, -0.2) is 60.3 Å². The van der Waals surface area contributed by atoms with E-state index in [9.17, 15) is 28.0 Å². The van der Waals surface area contributed by atoms with Gasteiger partial charge in [0.15, 0.2) is 11.6 Å². The quantitative estimate of drug-likeness (QED) is 0.0969. The minimum Gasteiger partial charge on any atom is -0.494 e. The lowest BCUT2D eigenvalue weighted by Crippen LogP contribution is -2.55. The number of carbonyl (C=O) groups excluding carboxylic acids is 4. The summed E-state index contributed by atoms with van der Waals surface area (Å²) < 4.78 is 44.4. The van der Waals surface area contributed by atoms with E-state index in [-0.39, 0.29) is 37.5 Å². The lowest BCUT2D eigenvalue weighted by Gasteiger charge is -2.29. The molecule has 2 atom stereocenters. The first-order chi connectivity index (χ1) is 29.2. The van der Waals surface area contributed by atoms with Gasteiger partial charge in [-0.3, -0.25) is 14.5 Å². The van der Waals surface area contributed by atoms with Crippen LogP contribution in [0.25, 0.3) is 11.1 Å². The van der Waals surface area contributed by atoms with E-state index in [0.29, 0.717) is 17.9 Å². The maximum Gasteiger partial charge on any atom is 0.410 e. The van der Waals surface area contributed by atoms with Gasteiger partial charge in [0.1, 0.15) is 23.4 Å². The van der Waals surface area contributed by atoms with Crippen LogP contribution in [0.2, 0.25) is 0 Å². The van der Waals surface area contributed by atoms with E-state index in [1.165, 1.54) is 13.2 Å². The maximum atomic E-state index is 14.3. The number of nitrogens with zero attached hydrogens (tertiary/aromatic N) is 1. The monoisotopic (exact) mass is 832 g/mol. The van der Waals surface area contributed by atoms with E-state index < -0.39 is 53.3 Å². The number of hydrogen-bond donors (Lipinski definition) is 3. The standard InChI is InChI=1S/C48H50F2N4O7/c1-6-60-34-22-19-30(20-23-34)26-42(53-46(57)61-48(2,3)4)45(56)52-41(27-33-21-24-39(49)40(50)25-33)44(55)51-28-31-15-17-32(18-16-31)29-54(47(58)59-5)43-37-13-9-7-11-35(37)36-12-8-10-14-38(36)43/h7-25,41-43H,6,26-29H2,1-5H3,(H,51,55)(H,52,56)(H,53,57)/t41-,42+/m0/s1. The van der Waals surface area contributed by atoms with Crippen molar-refractivity contribution in [1.82, 2.24) is 20.9 Å². The number of amides is 4. The molecule has 4 amide bonds. The Morgan fingerprint density at radius 1 is 0.689 bits per heavy atom. The number of benzene rings is 5. The molecule has 1 aliphatic rings. The summed E-state index contributed by atoms with van der Waals surface area (Å²) in [5.74, 6) is -2.82. The minimum atomic E-state index is -1.26. The number of halogens is 2. The van der Waals surface area contributed by atoms with Crippen LogP contribution in [0.5, 0.6) is 5.75 Å². The Morgan fingerprint density at radius 3 is 1.84 bits per heavy atom. The molecule has 0 saturated carbocycles. The molecule has 0 aliphatic heterocycles. The Labute approximate surface area is 354 Å². The number of nitrogens with one attached hydrogen (secondary N) is 3. The number of alkyl carbamates (subject to hydrolysis) is 1. The maximum absolute atomic E-state index is 14.3. The summed E-state index contributed by atoms with van der Waals surface area (Å²) >= 11 is 0. The second kappa shape index (κ2) is 19.5. The van der Waals surface area contributed by atoms with Crippen molar-refractivity contribution in [2.75, 3.05) is 13.7 Å². The first-order valence-electron chi connectivity index (χ1n) is 20.1. The lowest BCUT2D eigenvalue weighted by molar-refractivity contribution is -0.130. The summed E-state index contributed by atoms with van der Waals surface area (Å²) in [4.78, 5) is 55.8. The summed E-state index contributed by atoms with van der Waals surface area (Å²) in [7, 11) is 1.36. The van der Waals surface area contributed by atoms with Crippen molar-refractivity contribution in [3.8, 4) is 16.9 Å². The van der Waals surface area contributed by atoms with Crippen LogP contribution in [0.4, 0.5) is 18.4 Å². The van der Waals surface area contributed by atoms with Crippen molar-refractivity contribution in [3.05, 3.63) is 160 Å². The van der Waals surface area contributed by atoms with E-state index in [4.69, 9.17) is 14.2 Å². The van der Waals surface area contributed by atoms with Crippen LogP contribution in [-0.2, 0) is 45.0 Å². The molecular weight excluding hydrogens is 783 g/mol. The van der Waals surface area contributed by atoms with Crippen LogP contribution < -0.4 is 20.7 Å². The SMILES string of the molecule is CCOc1ccc(C[C@@H](NC(=O)OC(C)(C)C)C(=O)N[C@@H](Cc2ccc(F)c(F)c2)C(=O)NCc2ccc(CN(C(=O)OC)C3c4ccccc4-c4ccccc43)cc2)cc1. The molecule has 5 aromatic rings. The average molecular weight is 833 g/mol. The highest BCUT2D eigenvalue weighted by Gasteiger charge is 2.36. The van der Waals surface area contributed by atoms with Crippen LogP contribution in [0.1, 0.15) is 67.1 Å². The molecule has 1 aliphatic carbocycles. The Bertz CT molecular complexity index is 2300. The molecule has 3 N–H and O–H groups in total.